The second kappa shape index (κ2) is 13.6. The van der Waals surface area contributed by atoms with Gasteiger partial charge in [-0.25, -0.2) is 4.79 Å². The Labute approximate surface area is 252 Å². The third kappa shape index (κ3) is 7.32. The van der Waals surface area contributed by atoms with E-state index in [2.05, 4.69) is 52.9 Å². The highest BCUT2D eigenvalue weighted by atomic mass is 35.5. The van der Waals surface area contributed by atoms with E-state index in [0.717, 1.165) is 44.3 Å². The van der Waals surface area contributed by atoms with Gasteiger partial charge in [-0.05, 0) is 58.1 Å². The fraction of sp³-hybridized carbons (Fsp3) is 0.182. The van der Waals surface area contributed by atoms with Crippen LogP contribution in [0, 0.1) is 6.92 Å². The van der Waals surface area contributed by atoms with Gasteiger partial charge in [0, 0.05) is 28.5 Å². The van der Waals surface area contributed by atoms with Crippen molar-refractivity contribution >= 4 is 51.9 Å². The first kappa shape index (κ1) is 29.2. The Kier molecular flexibility index (Phi) is 9.46. The molecule has 0 unspecified atom stereocenters. The summed E-state index contributed by atoms with van der Waals surface area (Å²) < 4.78 is 11.0. The van der Waals surface area contributed by atoms with Crippen molar-refractivity contribution in [2.45, 2.75) is 25.5 Å². The zero-order chi connectivity index (χ0) is 29.5. The molecule has 0 bridgehead atoms. The van der Waals surface area contributed by atoms with Gasteiger partial charge in [0.05, 0.1) is 13.0 Å². The molecule has 1 heterocycles. The normalized spacial score (nSPS) is 11.0. The number of aliphatic carboxylic acids is 1. The van der Waals surface area contributed by atoms with Crippen LogP contribution >= 0.6 is 23.4 Å². The number of aromatic nitrogens is 1. The number of benzene rings is 4. The molecule has 0 saturated heterocycles. The van der Waals surface area contributed by atoms with Gasteiger partial charge >= 0.3 is 12.1 Å². The Hall–Kier alpha value is -4.27. The highest BCUT2D eigenvalue weighted by Crippen LogP contribution is 2.34. The van der Waals surface area contributed by atoms with Crippen LogP contribution in [0.1, 0.15) is 23.2 Å². The van der Waals surface area contributed by atoms with Gasteiger partial charge in [0.1, 0.15) is 11.4 Å². The molecule has 0 fully saturated rings. The molecule has 1 amide bonds. The molecule has 4 aromatic carbocycles. The highest BCUT2D eigenvalue weighted by molar-refractivity contribution is 7.98. The van der Waals surface area contributed by atoms with E-state index in [4.69, 9.17) is 26.0 Å². The lowest BCUT2D eigenvalue weighted by atomic mass is 9.98. The number of amides is 1. The number of anilines is 1. The fourth-order valence-electron chi connectivity index (χ4n) is 4.52. The first-order chi connectivity index (χ1) is 20.4. The Morgan fingerprint density at radius 2 is 1.64 bits per heavy atom. The maximum atomic E-state index is 12.6. The number of hydrogen-bond acceptors (Lipinski definition) is 6. The number of carbonyl (C=O) groups is 2. The van der Waals surface area contributed by atoms with Crippen LogP contribution in [-0.4, -0.2) is 34.7 Å². The van der Waals surface area contributed by atoms with Crippen LogP contribution in [0.25, 0.3) is 33.2 Å². The first-order valence-corrected chi connectivity index (χ1v) is 15.0. The number of nitrogens with zero attached hydrogens (tertiary/aromatic N) is 1. The third-order valence-electron chi connectivity index (χ3n) is 6.77. The fourth-order valence-corrected chi connectivity index (χ4v) is 5.64. The summed E-state index contributed by atoms with van der Waals surface area (Å²) >= 11 is 7.80. The number of carboxylic acid groups (broad SMARTS) is 1. The summed E-state index contributed by atoms with van der Waals surface area (Å²) in [4.78, 5) is 23.2. The van der Waals surface area contributed by atoms with Crippen LogP contribution in [0.15, 0.2) is 89.5 Å². The van der Waals surface area contributed by atoms with Gasteiger partial charge in [0.2, 0.25) is 0 Å². The third-order valence-corrected chi connectivity index (χ3v) is 8.17. The van der Waals surface area contributed by atoms with Gasteiger partial charge in [-0.3, -0.25) is 10.1 Å². The zero-order valence-electron chi connectivity index (χ0n) is 22.9. The largest absolute Gasteiger partial charge is 0.481 e. The summed E-state index contributed by atoms with van der Waals surface area (Å²) in [6.45, 7) is 1.95. The molecule has 214 valence electrons. The number of thioether (sulfide) groups is 1. The van der Waals surface area contributed by atoms with E-state index in [1.165, 1.54) is 0 Å². The van der Waals surface area contributed by atoms with Crippen LogP contribution in [0.5, 0.6) is 0 Å². The van der Waals surface area contributed by atoms with Crippen molar-refractivity contribution in [2.75, 3.05) is 17.7 Å². The van der Waals surface area contributed by atoms with Crippen molar-refractivity contribution in [3.8, 4) is 22.5 Å². The lowest BCUT2D eigenvalue weighted by molar-refractivity contribution is -0.136. The lowest BCUT2D eigenvalue weighted by Gasteiger charge is -2.09. The quantitative estimate of drug-likeness (QED) is 0.146. The first-order valence-electron chi connectivity index (χ1n) is 13.4. The van der Waals surface area contributed by atoms with Crippen LogP contribution < -0.4 is 5.32 Å². The Balaban J connectivity index is 1.24. The summed E-state index contributed by atoms with van der Waals surface area (Å²) in [6.07, 6.45) is 0.0881. The summed E-state index contributed by atoms with van der Waals surface area (Å²) in [7, 11) is 0. The highest BCUT2D eigenvalue weighted by Gasteiger charge is 2.19. The number of rotatable bonds is 11. The molecule has 0 aliphatic heterocycles. The molecule has 0 aliphatic carbocycles. The van der Waals surface area contributed by atoms with E-state index in [-0.39, 0.29) is 13.0 Å². The van der Waals surface area contributed by atoms with Crippen LogP contribution in [0.3, 0.4) is 0 Å². The van der Waals surface area contributed by atoms with E-state index >= 15 is 0 Å². The number of nitrogens with one attached hydrogen (secondary N) is 1. The van der Waals surface area contributed by atoms with Gasteiger partial charge in [-0.15, -0.1) is 0 Å². The minimum absolute atomic E-state index is 0.174. The van der Waals surface area contributed by atoms with Gasteiger partial charge in [0.15, 0.2) is 5.76 Å². The van der Waals surface area contributed by atoms with E-state index in [1.54, 1.807) is 24.8 Å². The second-order valence-corrected chi connectivity index (χ2v) is 11.3. The smallest absolute Gasteiger partial charge is 0.411 e. The predicted molar refractivity (Wildman–Crippen MR) is 168 cm³/mol. The number of ether oxygens (including phenoxy) is 1. The van der Waals surface area contributed by atoms with E-state index in [9.17, 15) is 9.59 Å². The maximum Gasteiger partial charge on any atom is 0.411 e. The number of carboxylic acids is 1. The minimum Gasteiger partial charge on any atom is -0.481 e. The summed E-state index contributed by atoms with van der Waals surface area (Å²) in [6, 6.07) is 28.0. The average Bonchev–Trinajstić information content (AvgIpc) is 3.35. The number of halogens is 1. The van der Waals surface area contributed by atoms with Crippen LogP contribution in [0.2, 0.25) is 5.02 Å². The molecule has 7 nitrogen and oxygen atoms in total. The maximum absolute atomic E-state index is 12.6. The molecular weight excluding hydrogens is 572 g/mol. The molecule has 42 heavy (non-hydrogen) atoms. The predicted octanol–water partition coefficient (Wildman–Crippen LogP) is 8.62. The van der Waals surface area contributed by atoms with Crippen LogP contribution in [0.4, 0.5) is 10.5 Å². The van der Waals surface area contributed by atoms with E-state index in [1.807, 2.05) is 36.4 Å². The van der Waals surface area contributed by atoms with Crippen molar-refractivity contribution in [2.24, 2.45) is 0 Å². The molecule has 5 rings (SSSR count). The monoisotopic (exact) mass is 600 g/mol. The van der Waals surface area contributed by atoms with E-state index in [0.29, 0.717) is 34.3 Å². The van der Waals surface area contributed by atoms with Crippen molar-refractivity contribution in [3.05, 3.63) is 107 Å². The lowest BCUT2D eigenvalue weighted by Crippen LogP contribution is -2.16. The standard InChI is InChI=1S/C33H29ClN2O5S/c1-21-31(35-33(39)40-16-14-24-4-2-3-5-29(24)34)32(41-36-21)28-13-12-26-18-25(10-11-27(26)19-28)23-8-6-22(7-9-23)20-42-17-15-30(37)38/h2-13,18-19H,14-17,20H2,1H3,(H,35,39)(H,37,38). The Morgan fingerprint density at radius 1 is 0.952 bits per heavy atom. The number of fused-ring (bicyclic) bond motifs is 1. The van der Waals surface area contributed by atoms with Crippen molar-refractivity contribution < 1.29 is 24.0 Å². The summed E-state index contributed by atoms with van der Waals surface area (Å²) in [5.74, 6) is 1.07. The summed E-state index contributed by atoms with van der Waals surface area (Å²) in [5, 5.41) is 18.4. The number of carbonyl (C=O) groups excluding carboxylic acids is 1. The summed E-state index contributed by atoms with van der Waals surface area (Å²) in [5.41, 5.74) is 6.07. The van der Waals surface area contributed by atoms with Gasteiger partial charge in [-0.2, -0.15) is 11.8 Å². The Morgan fingerprint density at radius 3 is 2.38 bits per heavy atom. The van der Waals surface area contributed by atoms with Gasteiger partial charge in [0.25, 0.3) is 0 Å². The van der Waals surface area contributed by atoms with Crippen LogP contribution in [-0.2, 0) is 21.7 Å². The van der Waals surface area contributed by atoms with Crippen molar-refractivity contribution in [1.82, 2.24) is 5.16 Å². The van der Waals surface area contributed by atoms with Gasteiger partial charge < -0.3 is 14.4 Å². The van der Waals surface area contributed by atoms with Crippen molar-refractivity contribution in [3.63, 3.8) is 0 Å². The van der Waals surface area contributed by atoms with E-state index < -0.39 is 12.1 Å². The molecular formula is C33H29ClN2O5S. The number of hydrogen-bond donors (Lipinski definition) is 2. The zero-order valence-corrected chi connectivity index (χ0v) is 24.5. The minimum atomic E-state index is -0.768. The molecule has 0 spiro atoms. The molecule has 5 aromatic rings. The average molecular weight is 601 g/mol. The second-order valence-electron chi connectivity index (χ2n) is 9.74. The Bertz CT molecular complexity index is 1720. The molecule has 0 radical (unpaired) electrons. The molecule has 0 aliphatic rings. The SMILES string of the molecule is Cc1noc(-c2ccc3cc(-c4ccc(CSCCC(=O)O)cc4)ccc3c2)c1NC(=O)OCCc1ccccc1Cl. The molecule has 1 aromatic heterocycles. The number of aryl methyl sites for hydroxylation is 1. The molecule has 0 atom stereocenters. The van der Waals surface area contributed by atoms with Crippen molar-refractivity contribution in [1.29, 1.82) is 0 Å². The topological polar surface area (TPSA) is 102 Å². The van der Waals surface area contributed by atoms with Gasteiger partial charge in [-0.1, -0.05) is 83.5 Å². The molecule has 9 heteroatoms. The molecule has 0 saturated carbocycles. The molecule has 2 N–H and O–H groups in total.